The van der Waals surface area contributed by atoms with Crippen LogP contribution in [0.1, 0.15) is 28.4 Å². The number of rotatable bonds is 5. The van der Waals surface area contributed by atoms with E-state index >= 15 is 0 Å². The molecule has 0 saturated heterocycles. The number of carbonyl (C=O) groups is 2. The number of hydrogen-bond donors (Lipinski definition) is 1. The van der Waals surface area contributed by atoms with E-state index in [0.717, 1.165) is 11.8 Å². The van der Waals surface area contributed by atoms with E-state index in [9.17, 15) is 22.4 Å². The van der Waals surface area contributed by atoms with Crippen molar-refractivity contribution in [2.75, 3.05) is 22.4 Å². The van der Waals surface area contributed by atoms with Crippen LogP contribution in [-0.4, -0.2) is 39.2 Å². The summed E-state index contributed by atoms with van der Waals surface area (Å²) in [5.41, 5.74) is 2.20. The van der Waals surface area contributed by atoms with Gasteiger partial charge in [0.2, 0.25) is 10.0 Å². The molecule has 2 aromatic carbocycles. The molecule has 0 radical (unpaired) electrons. The second kappa shape index (κ2) is 7.82. The molecule has 1 aliphatic heterocycles. The van der Waals surface area contributed by atoms with Gasteiger partial charge in [0.25, 0.3) is 5.91 Å². The Morgan fingerprint density at radius 1 is 1.21 bits per heavy atom. The molecule has 0 aromatic heterocycles. The third kappa shape index (κ3) is 4.56. The minimum atomic E-state index is -3.38. The number of anilines is 2. The molecule has 3 rings (SSSR count). The smallest absolute Gasteiger partial charge is 0.338 e. The average Bonchev–Trinajstić information content (AvgIpc) is 3.08. The van der Waals surface area contributed by atoms with Crippen molar-refractivity contribution in [2.45, 2.75) is 26.4 Å². The highest BCUT2D eigenvalue weighted by atomic mass is 32.2. The van der Waals surface area contributed by atoms with Crippen molar-refractivity contribution >= 4 is 33.3 Å². The molecule has 1 aliphatic rings. The van der Waals surface area contributed by atoms with Crippen LogP contribution in [0.2, 0.25) is 0 Å². The average molecular weight is 420 g/mol. The molecular weight excluding hydrogens is 399 g/mol. The lowest BCUT2D eigenvalue weighted by molar-refractivity contribution is -0.123. The maximum Gasteiger partial charge on any atom is 0.338 e. The summed E-state index contributed by atoms with van der Waals surface area (Å²) >= 11 is 0. The number of amides is 1. The van der Waals surface area contributed by atoms with Crippen LogP contribution in [0.3, 0.4) is 0 Å². The van der Waals surface area contributed by atoms with Gasteiger partial charge in [0.15, 0.2) is 6.10 Å². The molecule has 154 valence electrons. The number of fused-ring (bicyclic) bond motifs is 1. The van der Waals surface area contributed by atoms with Gasteiger partial charge in [0, 0.05) is 12.2 Å². The van der Waals surface area contributed by atoms with Crippen molar-refractivity contribution in [3.05, 3.63) is 58.9 Å². The van der Waals surface area contributed by atoms with E-state index in [1.165, 1.54) is 29.4 Å². The Morgan fingerprint density at radius 2 is 1.93 bits per heavy atom. The Balaban J connectivity index is 1.67. The standard InChI is InChI=1S/C20H21FN2O5S/c1-12-4-6-16(11-17(12)21)22-19(24)13(2)28-20(25)15-5-7-18-14(10-15)8-9-23(18)29(3,26)27/h4-7,10-11,13H,8-9H2,1-3H3,(H,22,24)/t13-/m1/s1. The molecule has 1 amide bonds. The van der Waals surface area contributed by atoms with Gasteiger partial charge in [-0.15, -0.1) is 0 Å². The summed E-state index contributed by atoms with van der Waals surface area (Å²) in [6, 6.07) is 8.87. The highest BCUT2D eigenvalue weighted by Gasteiger charge is 2.27. The van der Waals surface area contributed by atoms with Crippen molar-refractivity contribution in [1.82, 2.24) is 0 Å². The zero-order valence-electron chi connectivity index (χ0n) is 16.2. The minimum absolute atomic E-state index is 0.222. The molecular formula is C20H21FN2O5S. The van der Waals surface area contributed by atoms with Crippen molar-refractivity contribution < 1.29 is 27.1 Å². The Kier molecular flexibility index (Phi) is 5.61. The van der Waals surface area contributed by atoms with Gasteiger partial charge < -0.3 is 10.1 Å². The van der Waals surface area contributed by atoms with E-state index in [1.54, 1.807) is 25.1 Å². The largest absolute Gasteiger partial charge is 0.449 e. The van der Waals surface area contributed by atoms with Crippen molar-refractivity contribution in [1.29, 1.82) is 0 Å². The van der Waals surface area contributed by atoms with Gasteiger partial charge >= 0.3 is 5.97 Å². The first-order valence-electron chi connectivity index (χ1n) is 8.95. The summed E-state index contributed by atoms with van der Waals surface area (Å²) in [4.78, 5) is 24.6. The molecule has 1 atom stereocenters. The highest BCUT2D eigenvalue weighted by Crippen LogP contribution is 2.31. The molecule has 29 heavy (non-hydrogen) atoms. The molecule has 9 heteroatoms. The molecule has 1 heterocycles. The van der Waals surface area contributed by atoms with Crippen LogP contribution in [0, 0.1) is 12.7 Å². The van der Waals surface area contributed by atoms with Crippen LogP contribution in [0.25, 0.3) is 0 Å². The minimum Gasteiger partial charge on any atom is -0.449 e. The summed E-state index contributed by atoms with van der Waals surface area (Å²) in [6.45, 7) is 3.34. The van der Waals surface area contributed by atoms with Crippen molar-refractivity contribution in [3.8, 4) is 0 Å². The number of aryl methyl sites for hydroxylation is 1. The zero-order valence-corrected chi connectivity index (χ0v) is 17.0. The first kappa shape index (κ1) is 20.8. The fourth-order valence-corrected chi connectivity index (χ4v) is 4.00. The van der Waals surface area contributed by atoms with E-state index in [2.05, 4.69) is 5.32 Å². The second-order valence-corrected chi connectivity index (χ2v) is 8.84. The Labute approximate surface area is 168 Å². The number of nitrogens with zero attached hydrogens (tertiary/aromatic N) is 1. The van der Waals surface area contributed by atoms with Crippen LogP contribution < -0.4 is 9.62 Å². The molecule has 2 aromatic rings. The van der Waals surface area contributed by atoms with Gasteiger partial charge in [0.1, 0.15) is 5.82 Å². The van der Waals surface area contributed by atoms with E-state index in [0.29, 0.717) is 24.2 Å². The zero-order chi connectivity index (χ0) is 21.3. The fourth-order valence-electron chi connectivity index (χ4n) is 3.04. The number of benzene rings is 2. The Hall–Kier alpha value is -2.94. The summed E-state index contributed by atoms with van der Waals surface area (Å²) in [5, 5.41) is 2.50. The highest BCUT2D eigenvalue weighted by molar-refractivity contribution is 7.92. The predicted octanol–water partition coefficient (Wildman–Crippen LogP) is 2.64. The van der Waals surface area contributed by atoms with Gasteiger partial charge in [-0.1, -0.05) is 6.07 Å². The SMILES string of the molecule is Cc1ccc(NC(=O)[C@@H](C)OC(=O)c2ccc3c(c2)CCN3S(C)(=O)=O)cc1F. The lowest BCUT2D eigenvalue weighted by atomic mass is 10.1. The number of nitrogens with one attached hydrogen (secondary N) is 1. The van der Waals surface area contributed by atoms with Gasteiger partial charge in [-0.2, -0.15) is 0 Å². The molecule has 0 spiro atoms. The summed E-state index contributed by atoms with van der Waals surface area (Å²) in [5.74, 6) is -1.75. The van der Waals surface area contributed by atoms with Crippen LogP contribution >= 0.6 is 0 Å². The van der Waals surface area contributed by atoms with E-state index in [-0.39, 0.29) is 11.3 Å². The molecule has 0 unspecified atom stereocenters. The van der Waals surface area contributed by atoms with Crippen LogP contribution in [0.4, 0.5) is 15.8 Å². The molecule has 1 N–H and O–H groups in total. The maximum absolute atomic E-state index is 13.6. The number of ether oxygens (including phenoxy) is 1. The van der Waals surface area contributed by atoms with Gasteiger partial charge in [-0.3, -0.25) is 9.10 Å². The van der Waals surface area contributed by atoms with Crippen LogP contribution in [0.15, 0.2) is 36.4 Å². The first-order chi connectivity index (χ1) is 13.6. The van der Waals surface area contributed by atoms with Gasteiger partial charge in [-0.05, 0) is 61.7 Å². The third-order valence-electron chi connectivity index (χ3n) is 4.66. The lowest BCUT2D eigenvalue weighted by Crippen LogP contribution is -2.30. The Morgan fingerprint density at radius 3 is 2.59 bits per heavy atom. The fraction of sp³-hybridized carbons (Fsp3) is 0.300. The molecule has 0 aliphatic carbocycles. The molecule has 0 bridgehead atoms. The van der Waals surface area contributed by atoms with Gasteiger partial charge in [-0.25, -0.2) is 17.6 Å². The van der Waals surface area contributed by atoms with Crippen LogP contribution in [0.5, 0.6) is 0 Å². The summed E-state index contributed by atoms with van der Waals surface area (Å²) in [6.07, 6.45) is 0.510. The maximum atomic E-state index is 13.6. The van der Waals surface area contributed by atoms with Gasteiger partial charge in [0.05, 0.1) is 17.5 Å². The third-order valence-corrected chi connectivity index (χ3v) is 5.84. The molecule has 7 nitrogen and oxygen atoms in total. The normalized spacial score (nSPS) is 14.3. The lowest BCUT2D eigenvalue weighted by Gasteiger charge is -2.17. The predicted molar refractivity (Wildman–Crippen MR) is 107 cm³/mol. The van der Waals surface area contributed by atoms with Crippen molar-refractivity contribution in [2.24, 2.45) is 0 Å². The molecule has 0 saturated carbocycles. The van der Waals surface area contributed by atoms with E-state index in [4.69, 9.17) is 4.74 Å². The number of carbonyl (C=O) groups excluding carboxylic acids is 2. The topological polar surface area (TPSA) is 92.8 Å². The Bertz CT molecular complexity index is 1080. The monoisotopic (exact) mass is 420 g/mol. The summed E-state index contributed by atoms with van der Waals surface area (Å²) < 4.78 is 43.7. The summed E-state index contributed by atoms with van der Waals surface area (Å²) in [7, 11) is -3.38. The number of hydrogen-bond acceptors (Lipinski definition) is 5. The van der Waals surface area contributed by atoms with E-state index < -0.39 is 33.8 Å². The second-order valence-electron chi connectivity index (χ2n) is 6.93. The number of halogens is 1. The van der Waals surface area contributed by atoms with Crippen LogP contribution in [-0.2, 0) is 26.0 Å². The van der Waals surface area contributed by atoms with E-state index in [1.807, 2.05) is 0 Å². The quantitative estimate of drug-likeness (QED) is 0.751. The first-order valence-corrected chi connectivity index (χ1v) is 10.8. The number of esters is 1. The molecule has 0 fully saturated rings. The van der Waals surface area contributed by atoms with Crippen molar-refractivity contribution in [3.63, 3.8) is 0 Å². The number of sulfonamides is 1.